The number of benzene rings is 1. The smallest absolute Gasteiger partial charge is 0.337 e. The van der Waals surface area contributed by atoms with Gasteiger partial charge in [0, 0.05) is 25.3 Å². The fourth-order valence-electron chi connectivity index (χ4n) is 2.13. The Morgan fingerprint density at radius 3 is 1.91 bits per heavy atom. The van der Waals surface area contributed by atoms with Gasteiger partial charge in [0.05, 0.1) is 36.6 Å². The van der Waals surface area contributed by atoms with Crippen LogP contribution in [0.2, 0.25) is 0 Å². The Kier molecular flexibility index (Phi) is 7.26. The Labute approximate surface area is 132 Å². The summed E-state index contributed by atoms with van der Waals surface area (Å²) in [6.07, 6.45) is 0. The van der Waals surface area contributed by atoms with Crippen molar-refractivity contribution < 1.29 is 35.1 Å². The van der Waals surface area contributed by atoms with Crippen LogP contribution >= 0.6 is 0 Å². The molecule has 0 aliphatic heterocycles. The molecule has 0 saturated heterocycles. The van der Waals surface area contributed by atoms with Crippen LogP contribution in [0.1, 0.15) is 20.7 Å². The van der Waals surface area contributed by atoms with Gasteiger partial charge in [0.1, 0.15) is 0 Å². The fourth-order valence-corrected chi connectivity index (χ4v) is 2.13. The molecule has 9 heteroatoms. The summed E-state index contributed by atoms with van der Waals surface area (Å²) in [4.78, 5) is 24.2. The minimum absolute atomic E-state index is 0.0450. The van der Waals surface area contributed by atoms with Gasteiger partial charge in [-0.3, -0.25) is 0 Å². The van der Waals surface area contributed by atoms with Crippen LogP contribution in [0, 0.1) is 0 Å². The van der Waals surface area contributed by atoms with Gasteiger partial charge in [-0.05, 0) is 12.1 Å². The third kappa shape index (κ3) is 4.81. The highest BCUT2D eigenvalue weighted by molar-refractivity contribution is 6.02. The van der Waals surface area contributed by atoms with E-state index in [2.05, 4.69) is 5.32 Å². The fraction of sp³-hybridized carbons (Fsp3) is 0.429. The molecule has 1 aromatic carbocycles. The van der Waals surface area contributed by atoms with Gasteiger partial charge in [-0.2, -0.15) is 0 Å². The number of hydrogen-bond donors (Lipinski definition) is 6. The first-order valence-corrected chi connectivity index (χ1v) is 6.92. The normalized spacial score (nSPS) is 10.4. The van der Waals surface area contributed by atoms with Crippen LogP contribution in [0.15, 0.2) is 12.1 Å². The van der Waals surface area contributed by atoms with Gasteiger partial charge in [0.2, 0.25) is 0 Å². The lowest BCUT2D eigenvalue weighted by molar-refractivity contribution is 0.0682. The monoisotopic (exact) mass is 328 g/mol. The van der Waals surface area contributed by atoms with Crippen LogP contribution in [-0.4, -0.2) is 76.9 Å². The summed E-state index contributed by atoms with van der Waals surface area (Å²) in [5, 5.41) is 48.3. The molecule has 128 valence electrons. The molecule has 0 aromatic heterocycles. The molecule has 6 N–H and O–H groups in total. The lowest BCUT2D eigenvalue weighted by Gasteiger charge is -2.26. The van der Waals surface area contributed by atoms with E-state index in [4.69, 9.17) is 15.3 Å². The number of hydrogen-bond acceptors (Lipinski definition) is 7. The Morgan fingerprint density at radius 2 is 1.48 bits per heavy atom. The predicted octanol–water partition coefficient (Wildman–Crippen LogP) is -0.722. The maximum Gasteiger partial charge on any atom is 0.337 e. The average molecular weight is 328 g/mol. The van der Waals surface area contributed by atoms with E-state index >= 15 is 0 Å². The molecular formula is C14H20N2O7. The SMILES string of the molecule is O=C(O)c1cc(N(CCO)CCO)c(C(=O)O)cc1NCCO. The minimum atomic E-state index is -1.27. The minimum Gasteiger partial charge on any atom is -0.478 e. The summed E-state index contributed by atoms with van der Waals surface area (Å²) in [7, 11) is 0. The Bertz CT molecular complexity index is 556. The zero-order valence-corrected chi connectivity index (χ0v) is 12.4. The van der Waals surface area contributed by atoms with Gasteiger partial charge >= 0.3 is 11.9 Å². The molecular weight excluding hydrogens is 308 g/mol. The van der Waals surface area contributed by atoms with Crippen molar-refractivity contribution in [1.29, 1.82) is 0 Å². The quantitative estimate of drug-likeness (QED) is 0.327. The number of nitrogens with one attached hydrogen (secondary N) is 1. The second kappa shape index (κ2) is 8.93. The van der Waals surface area contributed by atoms with Gasteiger partial charge in [-0.1, -0.05) is 0 Å². The number of carbonyl (C=O) groups is 2. The van der Waals surface area contributed by atoms with Crippen LogP contribution < -0.4 is 10.2 Å². The molecule has 0 heterocycles. The maximum absolute atomic E-state index is 11.5. The van der Waals surface area contributed by atoms with Gasteiger partial charge in [-0.25, -0.2) is 9.59 Å². The van der Waals surface area contributed by atoms with Crippen molar-refractivity contribution in [2.24, 2.45) is 0 Å². The zero-order valence-electron chi connectivity index (χ0n) is 12.4. The zero-order chi connectivity index (χ0) is 17.4. The summed E-state index contributed by atoms with van der Waals surface area (Å²) >= 11 is 0. The van der Waals surface area contributed by atoms with Gasteiger partial charge < -0.3 is 35.7 Å². The molecule has 0 unspecified atom stereocenters. The second-order valence-electron chi connectivity index (χ2n) is 4.61. The number of nitrogens with zero attached hydrogens (tertiary/aromatic N) is 1. The van der Waals surface area contributed by atoms with Crippen LogP contribution in [-0.2, 0) is 0 Å². The molecule has 0 aliphatic rings. The first-order valence-electron chi connectivity index (χ1n) is 6.92. The molecule has 0 fully saturated rings. The van der Waals surface area contributed by atoms with E-state index in [1.807, 2.05) is 0 Å². The second-order valence-corrected chi connectivity index (χ2v) is 4.61. The lowest BCUT2D eigenvalue weighted by Crippen LogP contribution is -2.31. The highest BCUT2D eigenvalue weighted by Gasteiger charge is 2.22. The van der Waals surface area contributed by atoms with Crippen molar-refractivity contribution in [1.82, 2.24) is 0 Å². The van der Waals surface area contributed by atoms with Crippen LogP contribution in [0.3, 0.4) is 0 Å². The van der Waals surface area contributed by atoms with E-state index < -0.39 is 11.9 Å². The number of anilines is 2. The molecule has 0 amide bonds. The number of rotatable bonds is 10. The van der Waals surface area contributed by atoms with E-state index in [1.54, 1.807) is 0 Å². The van der Waals surface area contributed by atoms with E-state index in [0.717, 1.165) is 0 Å². The standard InChI is InChI=1S/C14H20N2O7/c17-4-1-15-11-7-10(14(22)23)12(8-9(11)13(20)21)16(2-5-18)3-6-19/h7-8,15,17-19H,1-6H2,(H,20,21)(H,22,23). The van der Waals surface area contributed by atoms with Crippen molar-refractivity contribution >= 4 is 23.3 Å². The van der Waals surface area contributed by atoms with E-state index in [-0.39, 0.29) is 62.0 Å². The van der Waals surface area contributed by atoms with Crippen molar-refractivity contribution in [2.75, 3.05) is 49.7 Å². The van der Waals surface area contributed by atoms with Crippen molar-refractivity contribution in [2.45, 2.75) is 0 Å². The average Bonchev–Trinajstić information content (AvgIpc) is 2.51. The predicted molar refractivity (Wildman–Crippen MR) is 82.3 cm³/mol. The molecule has 0 saturated carbocycles. The van der Waals surface area contributed by atoms with Crippen LogP contribution in [0.5, 0.6) is 0 Å². The van der Waals surface area contributed by atoms with E-state index in [9.17, 15) is 19.8 Å². The number of aromatic carboxylic acids is 2. The molecule has 1 aromatic rings. The molecule has 0 atom stereocenters. The van der Waals surface area contributed by atoms with E-state index in [0.29, 0.717) is 0 Å². The molecule has 0 spiro atoms. The Balaban J connectivity index is 3.44. The molecule has 0 aliphatic carbocycles. The summed E-state index contributed by atoms with van der Waals surface area (Å²) in [6, 6.07) is 2.34. The molecule has 0 bridgehead atoms. The lowest BCUT2D eigenvalue weighted by atomic mass is 10.0. The highest BCUT2D eigenvalue weighted by Crippen LogP contribution is 2.28. The highest BCUT2D eigenvalue weighted by atomic mass is 16.4. The summed E-state index contributed by atoms with van der Waals surface area (Å²) in [5.74, 6) is -2.54. The first-order chi connectivity index (χ1) is 11.0. The summed E-state index contributed by atoms with van der Waals surface area (Å²) in [6.45, 7) is -0.662. The van der Waals surface area contributed by atoms with Crippen molar-refractivity contribution in [3.63, 3.8) is 0 Å². The summed E-state index contributed by atoms with van der Waals surface area (Å²) in [5.41, 5.74) is -0.176. The van der Waals surface area contributed by atoms with Gasteiger partial charge in [0.15, 0.2) is 0 Å². The molecule has 9 nitrogen and oxygen atoms in total. The number of carboxylic acids is 2. The number of aliphatic hydroxyl groups is 3. The third-order valence-electron chi connectivity index (χ3n) is 3.10. The largest absolute Gasteiger partial charge is 0.478 e. The maximum atomic E-state index is 11.5. The first kappa shape index (κ1) is 18.7. The Morgan fingerprint density at radius 1 is 0.913 bits per heavy atom. The van der Waals surface area contributed by atoms with Crippen LogP contribution in [0.25, 0.3) is 0 Å². The van der Waals surface area contributed by atoms with Gasteiger partial charge in [-0.15, -0.1) is 0 Å². The molecule has 0 radical (unpaired) electrons. The van der Waals surface area contributed by atoms with Crippen LogP contribution in [0.4, 0.5) is 11.4 Å². The van der Waals surface area contributed by atoms with Crippen molar-refractivity contribution in [3.05, 3.63) is 23.3 Å². The Hall–Kier alpha value is -2.36. The molecule has 23 heavy (non-hydrogen) atoms. The summed E-state index contributed by atoms with van der Waals surface area (Å²) < 4.78 is 0. The topological polar surface area (TPSA) is 151 Å². The van der Waals surface area contributed by atoms with E-state index in [1.165, 1.54) is 17.0 Å². The number of aliphatic hydroxyl groups excluding tert-OH is 3. The molecule has 1 rings (SSSR count). The van der Waals surface area contributed by atoms with Crippen molar-refractivity contribution in [3.8, 4) is 0 Å². The third-order valence-corrected chi connectivity index (χ3v) is 3.10. The number of carboxylic acid groups (broad SMARTS) is 2. The van der Waals surface area contributed by atoms with Gasteiger partial charge in [0.25, 0.3) is 0 Å².